The maximum Gasteiger partial charge on any atom is 0.573 e. The fourth-order valence-corrected chi connectivity index (χ4v) is 4.32. The molecule has 3 aromatic rings. The van der Waals surface area contributed by atoms with Crippen LogP contribution in [0.2, 0.25) is 0 Å². The van der Waals surface area contributed by atoms with Crippen LogP contribution in [0.3, 0.4) is 0 Å². The van der Waals surface area contributed by atoms with Crippen LogP contribution < -0.4 is 15.0 Å². The minimum Gasteiger partial charge on any atom is -0.406 e. The number of carbonyl (C=O) groups excluding carboxylic acids is 1. The van der Waals surface area contributed by atoms with Crippen molar-refractivity contribution in [3.8, 4) is 16.2 Å². The zero-order valence-electron chi connectivity index (χ0n) is 17.1. The molecule has 2 heterocycles. The fourth-order valence-electron chi connectivity index (χ4n) is 3.67. The summed E-state index contributed by atoms with van der Waals surface area (Å²) in [6, 6.07) is 9.98. The third kappa shape index (κ3) is 5.44. The number of hydrogen-bond acceptors (Lipinski definition) is 7. The predicted molar refractivity (Wildman–Crippen MR) is 117 cm³/mol. The molecule has 0 unspecified atom stereocenters. The van der Waals surface area contributed by atoms with E-state index in [1.165, 1.54) is 23.5 Å². The number of nitrogens with zero attached hydrogens (tertiary/aromatic N) is 2. The molecule has 2 aromatic carbocycles. The average molecular weight is 479 g/mol. The maximum atomic E-state index is 12.8. The zero-order chi connectivity index (χ0) is 23.6. The van der Waals surface area contributed by atoms with E-state index in [0.29, 0.717) is 24.3 Å². The van der Waals surface area contributed by atoms with Crippen molar-refractivity contribution in [2.24, 2.45) is 5.92 Å². The van der Waals surface area contributed by atoms with Gasteiger partial charge in [-0.25, -0.2) is 0 Å². The second-order valence-electron chi connectivity index (χ2n) is 7.54. The largest absolute Gasteiger partial charge is 0.573 e. The Labute approximate surface area is 191 Å². The predicted octanol–water partition coefficient (Wildman–Crippen LogP) is 3.75. The number of β-amino-alcohol motifs (C(OH)–C–C–N with tert-alkyl or cyclic N) is 1. The van der Waals surface area contributed by atoms with Crippen LogP contribution in [0.5, 0.6) is 5.75 Å². The van der Waals surface area contributed by atoms with Gasteiger partial charge in [0.1, 0.15) is 5.75 Å². The number of alkyl halides is 3. The first-order valence-electron chi connectivity index (χ1n) is 9.97. The smallest absolute Gasteiger partial charge is 0.406 e. The number of amides is 1. The van der Waals surface area contributed by atoms with E-state index in [2.05, 4.69) is 15.0 Å². The Bertz CT molecular complexity index is 1110. The van der Waals surface area contributed by atoms with Crippen molar-refractivity contribution in [2.45, 2.75) is 12.5 Å². The Morgan fingerprint density at radius 3 is 2.58 bits per heavy atom. The summed E-state index contributed by atoms with van der Waals surface area (Å²) >= 11 is 1.40. The number of aromatic nitrogens is 1. The normalized spacial score (nSPS) is 18.4. The van der Waals surface area contributed by atoms with Gasteiger partial charge < -0.3 is 25.2 Å². The summed E-state index contributed by atoms with van der Waals surface area (Å²) in [5, 5.41) is 22.3. The molecule has 0 spiro atoms. The number of hydrogen-bond donors (Lipinski definition) is 3. The summed E-state index contributed by atoms with van der Waals surface area (Å²) in [5.41, 5.74) is 3.89. The molecule has 33 heavy (non-hydrogen) atoms. The molecular weight excluding hydrogens is 459 g/mol. The van der Waals surface area contributed by atoms with E-state index in [-0.39, 0.29) is 18.3 Å². The number of benzene rings is 2. The zero-order valence-corrected chi connectivity index (χ0v) is 17.9. The number of aliphatic hydroxyl groups is 2. The second-order valence-corrected chi connectivity index (χ2v) is 8.43. The molecule has 0 aliphatic carbocycles. The van der Waals surface area contributed by atoms with E-state index < -0.39 is 18.4 Å². The first-order valence-corrected chi connectivity index (χ1v) is 10.9. The maximum absolute atomic E-state index is 12.8. The lowest BCUT2D eigenvalue weighted by molar-refractivity contribution is -0.274. The van der Waals surface area contributed by atoms with Gasteiger partial charge in [0.25, 0.3) is 5.91 Å². The first kappa shape index (κ1) is 23.0. The van der Waals surface area contributed by atoms with Crippen LogP contribution in [0, 0.1) is 5.92 Å². The molecule has 1 fully saturated rings. The summed E-state index contributed by atoms with van der Waals surface area (Å²) in [6.45, 7) is 0.705. The minimum absolute atomic E-state index is 0.124. The summed E-state index contributed by atoms with van der Waals surface area (Å²) < 4.78 is 40.8. The second kappa shape index (κ2) is 9.38. The highest BCUT2D eigenvalue weighted by atomic mass is 32.1. The third-order valence-corrected chi connectivity index (χ3v) is 6.09. The van der Waals surface area contributed by atoms with Gasteiger partial charge in [0.2, 0.25) is 0 Å². The standard InChI is InChI=1S/C22H20F3N3O4S/c23-22(24,25)32-16-4-2-15(3-5-16)27-21(31)13-1-6-18(17(7-13)20-8-26-12-33-20)28-9-14(11-29)19(30)10-28/h1-8,12,14,19,29-30H,9-11H2,(H,27,31)/t14-,19+/m1/s1. The van der Waals surface area contributed by atoms with Gasteiger partial charge in [-0.1, -0.05) is 0 Å². The van der Waals surface area contributed by atoms with Crippen LogP contribution >= 0.6 is 11.3 Å². The molecule has 3 N–H and O–H groups in total. The monoisotopic (exact) mass is 479 g/mol. The van der Waals surface area contributed by atoms with E-state index in [9.17, 15) is 28.2 Å². The number of anilines is 2. The number of thiazole rings is 1. The lowest BCUT2D eigenvalue weighted by Crippen LogP contribution is -2.22. The van der Waals surface area contributed by atoms with Gasteiger partial charge in [0.15, 0.2) is 0 Å². The Balaban J connectivity index is 1.56. The van der Waals surface area contributed by atoms with Crippen molar-refractivity contribution in [1.29, 1.82) is 0 Å². The van der Waals surface area contributed by atoms with Crippen LogP contribution in [-0.4, -0.2) is 53.3 Å². The van der Waals surface area contributed by atoms with Crippen LogP contribution in [0.25, 0.3) is 10.4 Å². The molecule has 0 radical (unpaired) electrons. The molecular formula is C22H20F3N3O4S. The van der Waals surface area contributed by atoms with Crippen molar-refractivity contribution in [3.63, 3.8) is 0 Å². The molecule has 7 nitrogen and oxygen atoms in total. The highest BCUT2D eigenvalue weighted by Gasteiger charge is 2.32. The van der Waals surface area contributed by atoms with Crippen molar-refractivity contribution >= 4 is 28.6 Å². The molecule has 4 rings (SSSR count). The van der Waals surface area contributed by atoms with Crippen molar-refractivity contribution in [1.82, 2.24) is 4.98 Å². The SMILES string of the molecule is O=C(Nc1ccc(OC(F)(F)F)cc1)c1ccc(N2C[C@H](CO)[C@@H](O)C2)c(-c2cncs2)c1. The average Bonchev–Trinajstić information content (AvgIpc) is 3.43. The van der Waals surface area contributed by atoms with Crippen LogP contribution in [-0.2, 0) is 0 Å². The van der Waals surface area contributed by atoms with Crippen LogP contribution in [0.1, 0.15) is 10.4 Å². The van der Waals surface area contributed by atoms with Crippen molar-refractivity contribution < 1.29 is 32.9 Å². The summed E-state index contributed by atoms with van der Waals surface area (Å²) in [4.78, 5) is 19.7. The van der Waals surface area contributed by atoms with E-state index in [4.69, 9.17) is 0 Å². The molecule has 174 valence electrons. The van der Waals surface area contributed by atoms with Gasteiger partial charge >= 0.3 is 6.36 Å². The molecule has 1 amide bonds. The van der Waals surface area contributed by atoms with Gasteiger partial charge in [-0.15, -0.1) is 24.5 Å². The lowest BCUT2D eigenvalue weighted by Gasteiger charge is -2.22. The topological polar surface area (TPSA) is 94.9 Å². The van der Waals surface area contributed by atoms with E-state index in [1.807, 2.05) is 4.90 Å². The highest BCUT2D eigenvalue weighted by Crippen LogP contribution is 2.37. The van der Waals surface area contributed by atoms with Crippen molar-refractivity contribution in [2.75, 3.05) is 29.9 Å². The molecule has 11 heteroatoms. The Hall–Kier alpha value is -3.15. The van der Waals surface area contributed by atoms with Gasteiger partial charge in [0.05, 0.1) is 23.1 Å². The molecule has 2 atom stereocenters. The number of nitrogens with one attached hydrogen (secondary N) is 1. The van der Waals surface area contributed by atoms with Gasteiger partial charge in [-0.05, 0) is 42.5 Å². The summed E-state index contributed by atoms with van der Waals surface area (Å²) in [7, 11) is 0. The molecule has 1 aromatic heterocycles. The number of halogens is 3. The number of ether oxygens (including phenoxy) is 1. The molecule has 1 aliphatic rings. The quantitative estimate of drug-likeness (QED) is 0.499. The van der Waals surface area contributed by atoms with Gasteiger partial charge in [0, 0.05) is 47.7 Å². The molecule has 1 saturated heterocycles. The van der Waals surface area contributed by atoms with Gasteiger partial charge in [-0.2, -0.15) is 0 Å². The Morgan fingerprint density at radius 2 is 1.97 bits per heavy atom. The van der Waals surface area contributed by atoms with Crippen molar-refractivity contribution in [3.05, 3.63) is 59.7 Å². The molecule has 0 saturated carbocycles. The number of carbonyl (C=O) groups is 1. The number of aliphatic hydroxyl groups excluding tert-OH is 2. The lowest BCUT2D eigenvalue weighted by atomic mass is 10.1. The summed E-state index contributed by atoms with van der Waals surface area (Å²) in [6.07, 6.45) is -3.76. The van der Waals surface area contributed by atoms with Crippen LogP contribution in [0.4, 0.5) is 24.5 Å². The fraction of sp³-hybridized carbons (Fsp3) is 0.273. The van der Waals surface area contributed by atoms with Gasteiger partial charge in [-0.3, -0.25) is 9.78 Å². The van der Waals surface area contributed by atoms with E-state index >= 15 is 0 Å². The Morgan fingerprint density at radius 1 is 1.21 bits per heavy atom. The number of rotatable bonds is 6. The Kier molecular flexibility index (Phi) is 6.54. The van der Waals surface area contributed by atoms with Crippen LogP contribution in [0.15, 0.2) is 54.2 Å². The third-order valence-electron chi connectivity index (χ3n) is 5.28. The summed E-state index contributed by atoms with van der Waals surface area (Å²) in [5.74, 6) is -1.08. The van der Waals surface area contributed by atoms with E-state index in [0.717, 1.165) is 28.3 Å². The highest BCUT2D eigenvalue weighted by molar-refractivity contribution is 7.13. The van der Waals surface area contributed by atoms with E-state index in [1.54, 1.807) is 29.9 Å². The minimum atomic E-state index is -4.79. The molecule has 0 bridgehead atoms. The molecule has 1 aliphatic heterocycles. The first-order chi connectivity index (χ1) is 15.7.